The maximum Gasteiger partial charge on any atom is 0.339 e. The maximum atomic E-state index is 13.0. The molecular weight excluding hydrogens is 318 g/mol. The number of ether oxygens (including phenoxy) is 1. The average molecular weight is 336 g/mol. The highest BCUT2D eigenvalue weighted by molar-refractivity contribution is 5.94. The molecule has 5 nitrogen and oxygen atoms in total. The number of pyridine rings is 1. The number of benzene rings is 1. The van der Waals surface area contributed by atoms with Crippen LogP contribution in [0.15, 0.2) is 24.4 Å². The van der Waals surface area contributed by atoms with Crippen molar-refractivity contribution in [1.82, 2.24) is 4.98 Å². The van der Waals surface area contributed by atoms with E-state index in [2.05, 4.69) is 4.98 Å². The van der Waals surface area contributed by atoms with Crippen molar-refractivity contribution in [2.75, 3.05) is 24.6 Å². The molecule has 1 aromatic heterocycles. The second kappa shape index (κ2) is 6.90. The minimum absolute atomic E-state index is 0.264. The van der Waals surface area contributed by atoms with Crippen LogP contribution >= 0.6 is 0 Å². The molecule has 3 rings (SSSR count). The van der Waals surface area contributed by atoms with Crippen molar-refractivity contribution in [1.29, 1.82) is 0 Å². The molecule has 1 aromatic carbocycles. The van der Waals surface area contributed by atoms with E-state index in [1.165, 1.54) is 6.20 Å². The van der Waals surface area contributed by atoms with Crippen LogP contribution in [-0.2, 0) is 9.53 Å². The van der Waals surface area contributed by atoms with Gasteiger partial charge in [-0.3, -0.25) is 4.98 Å². The van der Waals surface area contributed by atoms with E-state index in [0.717, 1.165) is 16.6 Å². The first-order valence-corrected chi connectivity index (χ1v) is 7.39. The Morgan fingerprint density at radius 1 is 1.33 bits per heavy atom. The summed E-state index contributed by atoms with van der Waals surface area (Å²) in [6.45, 7) is 5.38. The van der Waals surface area contributed by atoms with Crippen molar-refractivity contribution in [3.63, 3.8) is 0 Å². The molecule has 2 heterocycles. The molecule has 0 spiro atoms. The molecule has 0 amide bonds. The van der Waals surface area contributed by atoms with Gasteiger partial charge in [-0.2, -0.15) is 0 Å². The summed E-state index contributed by atoms with van der Waals surface area (Å²) in [5.74, 6) is -3.02. The zero-order valence-corrected chi connectivity index (χ0v) is 13.5. The largest absolute Gasteiger partial charge is 0.462 e. The van der Waals surface area contributed by atoms with Crippen molar-refractivity contribution in [3.8, 4) is 0 Å². The Hall–Kier alpha value is -2.57. The van der Waals surface area contributed by atoms with Crippen LogP contribution in [0, 0.1) is 6.92 Å². The van der Waals surface area contributed by atoms with Gasteiger partial charge in [0.1, 0.15) is 6.79 Å². The number of aromatic nitrogens is 1. The van der Waals surface area contributed by atoms with Gasteiger partial charge in [-0.05, 0) is 37.6 Å². The lowest BCUT2D eigenvalue weighted by Crippen LogP contribution is -2.56. The van der Waals surface area contributed by atoms with Gasteiger partial charge in [-0.15, -0.1) is 0 Å². The number of anilines is 1. The van der Waals surface area contributed by atoms with Gasteiger partial charge in [0, 0.05) is 17.3 Å². The van der Waals surface area contributed by atoms with E-state index in [0.29, 0.717) is 17.7 Å². The van der Waals surface area contributed by atoms with E-state index >= 15 is 0 Å². The van der Waals surface area contributed by atoms with Crippen LogP contribution in [0.2, 0.25) is 0 Å². The van der Waals surface area contributed by atoms with Crippen LogP contribution in [0.3, 0.4) is 0 Å². The number of aryl methyl sites for hydroxylation is 1. The quantitative estimate of drug-likeness (QED) is 0.807. The number of nitrogens with zero attached hydrogens (tertiary/aromatic N) is 2. The summed E-state index contributed by atoms with van der Waals surface area (Å²) >= 11 is 0. The molecule has 128 valence electrons. The van der Waals surface area contributed by atoms with E-state index in [1.807, 2.05) is 19.8 Å². The van der Waals surface area contributed by atoms with Gasteiger partial charge in [0.15, 0.2) is 0 Å². The molecule has 0 bridgehead atoms. The molecule has 1 fully saturated rings. The van der Waals surface area contributed by atoms with Crippen LogP contribution in [0.1, 0.15) is 22.8 Å². The molecule has 0 unspecified atom stereocenters. The zero-order chi connectivity index (χ0) is 17.9. The first-order valence-electron chi connectivity index (χ1n) is 7.39. The predicted octanol–water partition coefficient (Wildman–Crippen LogP) is 2.99. The Kier molecular flexibility index (Phi) is 5.11. The average Bonchev–Trinajstić information content (AvgIpc) is 2.53. The highest BCUT2D eigenvalue weighted by Crippen LogP contribution is 2.35. The minimum atomic E-state index is -2.61. The first-order chi connectivity index (χ1) is 11.4. The molecule has 0 aliphatic carbocycles. The van der Waals surface area contributed by atoms with E-state index in [-0.39, 0.29) is 13.1 Å². The van der Waals surface area contributed by atoms with Crippen LogP contribution in [-0.4, -0.2) is 43.4 Å². The van der Waals surface area contributed by atoms with Crippen LogP contribution < -0.4 is 4.90 Å². The Morgan fingerprint density at radius 3 is 2.58 bits per heavy atom. The summed E-state index contributed by atoms with van der Waals surface area (Å²) in [5, 5.41) is 0.791. The molecule has 24 heavy (non-hydrogen) atoms. The molecular formula is C17H18F2N2O3. The van der Waals surface area contributed by atoms with Crippen molar-refractivity contribution >= 4 is 29.3 Å². The highest BCUT2D eigenvalue weighted by atomic mass is 19.3. The number of rotatable bonds is 3. The molecule has 1 aliphatic rings. The third kappa shape index (κ3) is 3.50. The summed E-state index contributed by atoms with van der Waals surface area (Å²) in [6.07, 6.45) is 1.45. The second-order valence-electron chi connectivity index (χ2n) is 5.49. The number of hydrogen-bond acceptors (Lipinski definition) is 5. The Labute approximate surface area is 138 Å². The van der Waals surface area contributed by atoms with Gasteiger partial charge >= 0.3 is 5.97 Å². The third-order valence-corrected chi connectivity index (χ3v) is 3.70. The Balaban J connectivity index is 0.00000100. The fraction of sp³-hybridized carbons (Fsp3) is 0.353. The van der Waals surface area contributed by atoms with E-state index in [4.69, 9.17) is 9.53 Å². The van der Waals surface area contributed by atoms with Gasteiger partial charge in [0.2, 0.25) is 0 Å². The molecule has 0 saturated carbocycles. The lowest BCUT2D eigenvalue weighted by atomic mass is 10.0. The lowest BCUT2D eigenvalue weighted by molar-refractivity contribution is -0.0980. The minimum Gasteiger partial charge on any atom is -0.462 e. The molecule has 0 N–H and O–H groups in total. The number of fused-ring (bicyclic) bond motifs is 1. The van der Waals surface area contributed by atoms with Crippen LogP contribution in [0.5, 0.6) is 0 Å². The smallest absolute Gasteiger partial charge is 0.339 e. The van der Waals surface area contributed by atoms with Gasteiger partial charge in [0.05, 0.1) is 30.8 Å². The standard InChI is InChI=1S/C16H16F2N2O2.CH2O/c1-3-22-15(21)12-5-11-4-10(2)14(6-13(11)19-7-12)20-8-16(17,18)9-20;1-2/h4-7H,3,8-9H2,1-2H3;1H2. The number of carbonyl (C=O) groups is 2. The summed E-state index contributed by atoms with van der Waals surface area (Å²) < 4.78 is 31.0. The first kappa shape index (κ1) is 17.8. The van der Waals surface area contributed by atoms with Crippen LogP contribution in [0.25, 0.3) is 10.9 Å². The topological polar surface area (TPSA) is 59.5 Å². The van der Waals surface area contributed by atoms with E-state index < -0.39 is 11.9 Å². The lowest BCUT2D eigenvalue weighted by Gasteiger charge is -2.41. The van der Waals surface area contributed by atoms with Gasteiger partial charge < -0.3 is 14.4 Å². The summed E-state index contributed by atoms with van der Waals surface area (Å²) in [6, 6.07) is 5.35. The van der Waals surface area contributed by atoms with Gasteiger partial charge in [-0.1, -0.05) is 0 Å². The summed E-state index contributed by atoms with van der Waals surface area (Å²) in [4.78, 5) is 25.6. The Bertz CT molecular complexity index is 757. The third-order valence-electron chi connectivity index (χ3n) is 3.70. The molecule has 1 aliphatic heterocycles. The number of carbonyl (C=O) groups excluding carboxylic acids is 2. The number of esters is 1. The van der Waals surface area contributed by atoms with Crippen molar-refractivity contribution in [2.24, 2.45) is 0 Å². The second-order valence-corrected chi connectivity index (χ2v) is 5.49. The normalized spacial score (nSPS) is 15.2. The fourth-order valence-corrected chi connectivity index (χ4v) is 2.63. The number of hydrogen-bond donors (Lipinski definition) is 0. The monoisotopic (exact) mass is 336 g/mol. The molecule has 2 aromatic rings. The summed E-state index contributed by atoms with van der Waals surface area (Å²) in [7, 11) is 0. The fourth-order valence-electron chi connectivity index (χ4n) is 2.63. The zero-order valence-electron chi connectivity index (χ0n) is 13.5. The van der Waals surface area contributed by atoms with Crippen molar-refractivity contribution < 1.29 is 23.1 Å². The van der Waals surface area contributed by atoms with Gasteiger partial charge in [0.25, 0.3) is 5.92 Å². The number of alkyl halides is 2. The summed E-state index contributed by atoms with van der Waals surface area (Å²) in [5.41, 5.74) is 2.70. The van der Waals surface area contributed by atoms with Crippen molar-refractivity contribution in [2.45, 2.75) is 19.8 Å². The van der Waals surface area contributed by atoms with Crippen molar-refractivity contribution in [3.05, 3.63) is 35.5 Å². The van der Waals surface area contributed by atoms with E-state index in [9.17, 15) is 13.6 Å². The molecule has 1 saturated heterocycles. The van der Waals surface area contributed by atoms with Crippen LogP contribution in [0.4, 0.5) is 14.5 Å². The van der Waals surface area contributed by atoms with E-state index in [1.54, 1.807) is 24.0 Å². The Morgan fingerprint density at radius 2 is 2.00 bits per heavy atom. The molecule has 0 atom stereocenters. The molecule has 0 radical (unpaired) electrons. The maximum absolute atomic E-state index is 13.0. The highest BCUT2D eigenvalue weighted by Gasteiger charge is 2.44. The predicted molar refractivity (Wildman–Crippen MR) is 86.7 cm³/mol. The SMILES string of the molecule is C=O.CCOC(=O)c1cnc2cc(N3CC(F)(F)C3)c(C)cc2c1. The molecule has 7 heteroatoms. The number of halogens is 2. The van der Waals surface area contributed by atoms with Gasteiger partial charge in [-0.25, -0.2) is 13.6 Å².